The number of rotatable bonds is 7. The lowest BCUT2D eigenvalue weighted by molar-refractivity contribution is 0.0929. The van der Waals surface area contributed by atoms with Gasteiger partial charge in [-0.25, -0.2) is 0 Å². The van der Waals surface area contributed by atoms with Gasteiger partial charge < -0.3 is 15.3 Å². The van der Waals surface area contributed by atoms with E-state index in [2.05, 4.69) is 10.2 Å². The Hall–Kier alpha value is -0.120. The van der Waals surface area contributed by atoms with Crippen LogP contribution in [0.25, 0.3) is 0 Å². The van der Waals surface area contributed by atoms with Gasteiger partial charge in [-0.2, -0.15) is 0 Å². The monoisotopic (exact) mass is 280 g/mol. The number of hydrogen-bond acceptors (Lipinski definition) is 3. The molecule has 3 heteroatoms. The number of aliphatic hydroxyl groups excluding tert-OH is 1. The molecule has 2 aliphatic carbocycles. The van der Waals surface area contributed by atoms with Crippen LogP contribution in [-0.4, -0.2) is 48.8 Å². The zero-order valence-electron chi connectivity index (χ0n) is 12.9. The first-order valence-electron chi connectivity index (χ1n) is 8.86. The van der Waals surface area contributed by atoms with Crippen LogP contribution in [0, 0.1) is 11.3 Å². The van der Waals surface area contributed by atoms with Gasteiger partial charge in [0.05, 0.1) is 0 Å². The standard InChI is InChI=1S/C17H32N2O/c20-11-7-15-4-3-10-19(12-15)14-17(8-1-2-9-17)13-18-16-5-6-16/h15-16,18,20H,1-14H2. The highest BCUT2D eigenvalue weighted by molar-refractivity contribution is 4.93. The average molecular weight is 280 g/mol. The average Bonchev–Trinajstić information content (AvgIpc) is 3.18. The molecule has 3 rings (SSSR count). The van der Waals surface area contributed by atoms with Crippen LogP contribution in [-0.2, 0) is 0 Å². The van der Waals surface area contributed by atoms with Crippen molar-refractivity contribution in [3.63, 3.8) is 0 Å². The van der Waals surface area contributed by atoms with Gasteiger partial charge in [0.1, 0.15) is 0 Å². The fourth-order valence-corrected chi connectivity index (χ4v) is 4.35. The van der Waals surface area contributed by atoms with Crippen LogP contribution in [0.15, 0.2) is 0 Å². The van der Waals surface area contributed by atoms with Gasteiger partial charge in [0.15, 0.2) is 0 Å². The Kier molecular flexibility index (Phi) is 5.00. The summed E-state index contributed by atoms with van der Waals surface area (Å²) in [4.78, 5) is 2.71. The van der Waals surface area contributed by atoms with Crippen molar-refractivity contribution < 1.29 is 5.11 Å². The minimum Gasteiger partial charge on any atom is -0.396 e. The molecule has 1 aliphatic heterocycles. The van der Waals surface area contributed by atoms with Crippen molar-refractivity contribution >= 4 is 0 Å². The van der Waals surface area contributed by atoms with Crippen molar-refractivity contribution in [3.05, 3.63) is 0 Å². The predicted molar refractivity (Wildman–Crippen MR) is 82.8 cm³/mol. The van der Waals surface area contributed by atoms with Crippen molar-refractivity contribution in [1.29, 1.82) is 0 Å². The maximum Gasteiger partial charge on any atom is 0.0434 e. The molecular weight excluding hydrogens is 248 g/mol. The molecule has 0 radical (unpaired) electrons. The van der Waals surface area contributed by atoms with E-state index in [0.717, 1.165) is 18.4 Å². The topological polar surface area (TPSA) is 35.5 Å². The molecule has 116 valence electrons. The Balaban J connectivity index is 1.52. The maximum absolute atomic E-state index is 9.16. The zero-order valence-corrected chi connectivity index (χ0v) is 12.9. The van der Waals surface area contributed by atoms with Gasteiger partial charge in [0, 0.05) is 32.3 Å². The van der Waals surface area contributed by atoms with Crippen LogP contribution in [0.1, 0.15) is 57.8 Å². The third kappa shape index (κ3) is 3.96. The third-order valence-corrected chi connectivity index (χ3v) is 5.71. The number of aliphatic hydroxyl groups is 1. The lowest BCUT2D eigenvalue weighted by atomic mass is 9.84. The van der Waals surface area contributed by atoms with Crippen LogP contribution in [0.4, 0.5) is 0 Å². The van der Waals surface area contributed by atoms with E-state index in [-0.39, 0.29) is 0 Å². The first-order chi connectivity index (χ1) is 9.80. The number of nitrogens with one attached hydrogen (secondary N) is 1. The number of likely N-dealkylation sites (tertiary alicyclic amines) is 1. The lowest BCUT2D eigenvalue weighted by Gasteiger charge is -2.40. The van der Waals surface area contributed by atoms with Crippen LogP contribution < -0.4 is 5.32 Å². The van der Waals surface area contributed by atoms with E-state index in [1.165, 1.54) is 77.5 Å². The summed E-state index contributed by atoms with van der Waals surface area (Å²) in [5.74, 6) is 0.739. The minimum atomic E-state index is 0.368. The van der Waals surface area contributed by atoms with E-state index in [1.807, 2.05) is 0 Å². The highest BCUT2D eigenvalue weighted by Gasteiger charge is 2.37. The number of hydrogen-bond donors (Lipinski definition) is 2. The van der Waals surface area contributed by atoms with Crippen LogP contribution in [0.3, 0.4) is 0 Å². The summed E-state index contributed by atoms with van der Waals surface area (Å²) in [5.41, 5.74) is 0.559. The predicted octanol–water partition coefficient (Wildman–Crippen LogP) is 2.39. The van der Waals surface area contributed by atoms with Crippen LogP contribution in [0.5, 0.6) is 0 Å². The summed E-state index contributed by atoms with van der Waals surface area (Å²) < 4.78 is 0. The molecule has 1 atom stereocenters. The van der Waals surface area contributed by atoms with Crippen LogP contribution >= 0.6 is 0 Å². The van der Waals surface area contributed by atoms with E-state index in [9.17, 15) is 0 Å². The summed E-state index contributed by atoms with van der Waals surface area (Å²) in [6.45, 7) is 5.43. The molecule has 0 amide bonds. The Labute approximate surface area is 124 Å². The molecule has 0 aromatic heterocycles. The zero-order chi connectivity index (χ0) is 13.8. The van der Waals surface area contributed by atoms with Gasteiger partial charge in [-0.1, -0.05) is 12.8 Å². The summed E-state index contributed by atoms with van der Waals surface area (Å²) in [7, 11) is 0. The van der Waals surface area contributed by atoms with Crippen molar-refractivity contribution in [1.82, 2.24) is 10.2 Å². The van der Waals surface area contributed by atoms with Gasteiger partial charge in [-0.15, -0.1) is 0 Å². The lowest BCUT2D eigenvalue weighted by Crippen LogP contribution is -2.46. The van der Waals surface area contributed by atoms with E-state index in [0.29, 0.717) is 12.0 Å². The molecule has 0 aromatic rings. The molecule has 1 unspecified atom stereocenters. The first-order valence-corrected chi connectivity index (χ1v) is 8.86. The van der Waals surface area contributed by atoms with Crippen molar-refractivity contribution in [3.8, 4) is 0 Å². The Morgan fingerprint density at radius 2 is 1.90 bits per heavy atom. The van der Waals surface area contributed by atoms with Crippen LogP contribution in [0.2, 0.25) is 0 Å². The number of nitrogens with zero attached hydrogens (tertiary/aromatic N) is 1. The van der Waals surface area contributed by atoms with Crippen molar-refractivity contribution in [2.45, 2.75) is 63.8 Å². The van der Waals surface area contributed by atoms with Gasteiger partial charge >= 0.3 is 0 Å². The second kappa shape index (κ2) is 6.76. The molecule has 2 saturated carbocycles. The molecule has 20 heavy (non-hydrogen) atoms. The van der Waals surface area contributed by atoms with E-state index >= 15 is 0 Å². The second-order valence-corrected chi connectivity index (χ2v) is 7.62. The normalized spacial score (nSPS) is 30.8. The van der Waals surface area contributed by atoms with Crippen molar-refractivity contribution in [2.75, 3.05) is 32.8 Å². The number of piperidine rings is 1. The van der Waals surface area contributed by atoms with Crippen molar-refractivity contribution in [2.24, 2.45) is 11.3 Å². The Morgan fingerprint density at radius 3 is 2.60 bits per heavy atom. The molecule has 0 aromatic carbocycles. The maximum atomic E-state index is 9.16. The molecule has 0 bridgehead atoms. The highest BCUT2D eigenvalue weighted by atomic mass is 16.3. The molecule has 2 N–H and O–H groups in total. The Morgan fingerprint density at radius 1 is 1.10 bits per heavy atom. The molecular formula is C17H32N2O. The van der Waals surface area contributed by atoms with E-state index < -0.39 is 0 Å². The smallest absolute Gasteiger partial charge is 0.0434 e. The summed E-state index contributed by atoms with van der Waals surface area (Å²) in [6.07, 6.45) is 12.2. The Bertz CT molecular complexity index is 295. The highest BCUT2D eigenvalue weighted by Crippen LogP contribution is 2.40. The summed E-state index contributed by atoms with van der Waals surface area (Å²) in [5, 5.41) is 13.0. The summed E-state index contributed by atoms with van der Waals surface area (Å²) in [6, 6.07) is 0.843. The minimum absolute atomic E-state index is 0.368. The molecule has 0 spiro atoms. The molecule has 1 heterocycles. The second-order valence-electron chi connectivity index (χ2n) is 7.62. The third-order valence-electron chi connectivity index (χ3n) is 5.71. The van der Waals surface area contributed by atoms with Gasteiger partial charge in [-0.3, -0.25) is 0 Å². The quantitative estimate of drug-likeness (QED) is 0.751. The molecule has 3 fully saturated rings. The summed E-state index contributed by atoms with van der Waals surface area (Å²) >= 11 is 0. The first kappa shape index (κ1) is 14.8. The van der Waals surface area contributed by atoms with Gasteiger partial charge in [0.25, 0.3) is 0 Å². The molecule has 3 nitrogen and oxygen atoms in total. The van der Waals surface area contributed by atoms with Gasteiger partial charge in [-0.05, 0) is 62.8 Å². The SMILES string of the molecule is OCCC1CCCN(CC2(CNC3CC3)CCCC2)C1. The van der Waals surface area contributed by atoms with E-state index in [4.69, 9.17) is 5.11 Å². The van der Waals surface area contributed by atoms with E-state index in [1.54, 1.807) is 0 Å². The largest absolute Gasteiger partial charge is 0.396 e. The molecule has 1 saturated heterocycles. The molecule has 3 aliphatic rings. The van der Waals surface area contributed by atoms with Gasteiger partial charge in [0.2, 0.25) is 0 Å². The fraction of sp³-hybridized carbons (Fsp3) is 1.00. The fourth-order valence-electron chi connectivity index (χ4n) is 4.35.